The SMILES string of the molecule is CCOC(=O)C(C)c1ccc([N+](=O)[O-])c(I)c1. The average Bonchev–Trinajstić information content (AvgIpc) is 2.27. The summed E-state index contributed by atoms with van der Waals surface area (Å²) < 4.78 is 5.42. The maximum absolute atomic E-state index is 11.5. The van der Waals surface area contributed by atoms with Crippen molar-refractivity contribution in [2.24, 2.45) is 0 Å². The summed E-state index contributed by atoms with van der Waals surface area (Å²) >= 11 is 1.89. The number of hydrogen-bond acceptors (Lipinski definition) is 4. The van der Waals surface area contributed by atoms with Crippen LogP contribution in [0.25, 0.3) is 0 Å². The van der Waals surface area contributed by atoms with Crippen LogP contribution in [0.1, 0.15) is 25.3 Å². The molecule has 0 N–H and O–H groups in total. The molecule has 0 heterocycles. The van der Waals surface area contributed by atoms with E-state index in [1.807, 2.05) is 22.6 Å². The second-order valence-corrected chi connectivity index (χ2v) is 4.60. The zero-order chi connectivity index (χ0) is 13.0. The predicted molar refractivity (Wildman–Crippen MR) is 70.9 cm³/mol. The third-order valence-corrected chi connectivity index (χ3v) is 3.17. The monoisotopic (exact) mass is 349 g/mol. The highest BCUT2D eigenvalue weighted by molar-refractivity contribution is 14.1. The fraction of sp³-hybridized carbons (Fsp3) is 0.364. The second kappa shape index (κ2) is 5.95. The number of halogens is 1. The Bertz CT molecular complexity index is 447. The van der Waals surface area contributed by atoms with Crippen LogP contribution in [0.5, 0.6) is 0 Å². The van der Waals surface area contributed by atoms with E-state index in [0.717, 1.165) is 5.56 Å². The van der Waals surface area contributed by atoms with Gasteiger partial charge in [0.15, 0.2) is 0 Å². The van der Waals surface area contributed by atoms with E-state index in [0.29, 0.717) is 10.2 Å². The van der Waals surface area contributed by atoms with Crippen molar-refractivity contribution >= 4 is 34.2 Å². The van der Waals surface area contributed by atoms with Gasteiger partial charge in [0.25, 0.3) is 5.69 Å². The lowest BCUT2D eigenvalue weighted by Gasteiger charge is -2.10. The number of carbonyl (C=O) groups excluding carboxylic acids is 1. The van der Waals surface area contributed by atoms with Crippen LogP contribution in [0.2, 0.25) is 0 Å². The molecule has 0 saturated carbocycles. The molecule has 0 radical (unpaired) electrons. The molecule has 6 heteroatoms. The van der Waals surface area contributed by atoms with E-state index in [-0.39, 0.29) is 11.7 Å². The number of hydrogen-bond donors (Lipinski definition) is 0. The lowest BCUT2D eigenvalue weighted by molar-refractivity contribution is -0.385. The molecule has 0 aliphatic rings. The van der Waals surface area contributed by atoms with Gasteiger partial charge >= 0.3 is 5.97 Å². The normalized spacial score (nSPS) is 11.9. The maximum Gasteiger partial charge on any atom is 0.313 e. The first-order valence-corrected chi connectivity index (χ1v) is 6.15. The molecule has 17 heavy (non-hydrogen) atoms. The molecule has 1 atom stereocenters. The Morgan fingerprint density at radius 1 is 1.59 bits per heavy atom. The van der Waals surface area contributed by atoms with E-state index >= 15 is 0 Å². The quantitative estimate of drug-likeness (QED) is 0.363. The van der Waals surface area contributed by atoms with Crippen LogP contribution in [0.3, 0.4) is 0 Å². The summed E-state index contributed by atoms with van der Waals surface area (Å²) in [5, 5.41) is 10.6. The van der Waals surface area contributed by atoms with Gasteiger partial charge in [-0.05, 0) is 48.1 Å². The van der Waals surface area contributed by atoms with Gasteiger partial charge in [0, 0.05) is 6.07 Å². The molecule has 1 unspecified atom stereocenters. The van der Waals surface area contributed by atoms with Crippen LogP contribution in [-0.4, -0.2) is 17.5 Å². The van der Waals surface area contributed by atoms with Gasteiger partial charge in [-0.15, -0.1) is 0 Å². The number of nitro benzene ring substituents is 1. The molecule has 0 fully saturated rings. The minimum Gasteiger partial charge on any atom is -0.466 e. The molecule has 0 spiro atoms. The van der Waals surface area contributed by atoms with E-state index in [4.69, 9.17) is 4.74 Å². The van der Waals surface area contributed by atoms with Crippen molar-refractivity contribution in [2.45, 2.75) is 19.8 Å². The second-order valence-electron chi connectivity index (χ2n) is 3.44. The van der Waals surface area contributed by atoms with E-state index in [2.05, 4.69) is 0 Å². The lowest BCUT2D eigenvalue weighted by atomic mass is 10.0. The Morgan fingerprint density at radius 3 is 2.71 bits per heavy atom. The molecule has 5 nitrogen and oxygen atoms in total. The third-order valence-electron chi connectivity index (χ3n) is 2.31. The largest absolute Gasteiger partial charge is 0.466 e. The summed E-state index contributed by atoms with van der Waals surface area (Å²) in [7, 11) is 0. The van der Waals surface area contributed by atoms with Gasteiger partial charge in [-0.1, -0.05) is 6.07 Å². The van der Waals surface area contributed by atoms with Crippen molar-refractivity contribution in [3.63, 3.8) is 0 Å². The molecule has 1 rings (SSSR count). The molecule has 1 aromatic carbocycles. The van der Waals surface area contributed by atoms with Gasteiger partial charge in [0.05, 0.1) is 21.0 Å². The van der Waals surface area contributed by atoms with Gasteiger partial charge in [-0.3, -0.25) is 14.9 Å². The minimum atomic E-state index is -0.444. The van der Waals surface area contributed by atoms with Crippen LogP contribution in [0.15, 0.2) is 18.2 Å². The summed E-state index contributed by atoms with van der Waals surface area (Å²) in [6, 6.07) is 4.63. The minimum absolute atomic E-state index is 0.0467. The van der Waals surface area contributed by atoms with Crippen molar-refractivity contribution in [2.75, 3.05) is 6.61 Å². The number of carbonyl (C=O) groups is 1. The Labute approximate surface area is 112 Å². The Morgan fingerprint density at radius 2 is 2.24 bits per heavy atom. The highest BCUT2D eigenvalue weighted by Gasteiger charge is 2.19. The molecule has 92 valence electrons. The van der Waals surface area contributed by atoms with E-state index in [1.54, 1.807) is 26.0 Å². The smallest absolute Gasteiger partial charge is 0.313 e. The fourth-order valence-corrected chi connectivity index (χ4v) is 2.08. The number of nitro groups is 1. The number of nitrogens with zero attached hydrogens (tertiary/aromatic N) is 1. The number of benzene rings is 1. The maximum atomic E-state index is 11.5. The highest BCUT2D eigenvalue weighted by Crippen LogP contribution is 2.26. The van der Waals surface area contributed by atoms with Crippen molar-refractivity contribution in [1.82, 2.24) is 0 Å². The van der Waals surface area contributed by atoms with Crippen molar-refractivity contribution in [1.29, 1.82) is 0 Å². The summed E-state index contributed by atoms with van der Waals surface area (Å²) in [5.41, 5.74) is 0.767. The first-order valence-electron chi connectivity index (χ1n) is 5.07. The summed E-state index contributed by atoms with van der Waals surface area (Å²) in [6.07, 6.45) is 0. The summed E-state index contributed by atoms with van der Waals surface area (Å²) in [6.45, 7) is 3.78. The molecule has 0 amide bonds. The zero-order valence-electron chi connectivity index (χ0n) is 9.47. The highest BCUT2D eigenvalue weighted by atomic mass is 127. The molecule has 1 aromatic rings. The van der Waals surface area contributed by atoms with Crippen LogP contribution >= 0.6 is 22.6 Å². The van der Waals surface area contributed by atoms with Crippen molar-refractivity contribution in [3.05, 3.63) is 37.4 Å². The number of rotatable bonds is 4. The molecule has 0 aliphatic heterocycles. The van der Waals surface area contributed by atoms with Gasteiger partial charge in [0.1, 0.15) is 0 Å². The van der Waals surface area contributed by atoms with Gasteiger partial charge in [0.2, 0.25) is 0 Å². The van der Waals surface area contributed by atoms with E-state index < -0.39 is 10.8 Å². The Balaban J connectivity index is 2.97. The van der Waals surface area contributed by atoms with Crippen molar-refractivity contribution < 1.29 is 14.5 Å². The summed E-state index contributed by atoms with van der Waals surface area (Å²) in [5.74, 6) is -0.735. The number of ether oxygens (including phenoxy) is 1. The van der Waals surface area contributed by atoms with E-state index in [1.165, 1.54) is 6.07 Å². The average molecular weight is 349 g/mol. The first kappa shape index (κ1) is 13.9. The molecular weight excluding hydrogens is 337 g/mol. The third kappa shape index (κ3) is 3.39. The van der Waals surface area contributed by atoms with Gasteiger partial charge in [-0.25, -0.2) is 0 Å². The molecule has 0 aliphatic carbocycles. The van der Waals surface area contributed by atoms with Crippen LogP contribution in [0.4, 0.5) is 5.69 Å². The summed E-state index contributed by atoms with van der Waals surface area (Å²) in [4.78, 5) is 21.7. The van der Waals surface area contributed by atoms with Crippen LogP contribution in [0, 0.1) is 13.7 Å². The van der Waals surface area contributed by atoms with E-state index in [9.17, 15) is 14.9 Å². The Hall–Kier alpha value is -1.18. The topological polar surface area (TPSA) is 69.4 Å². The molecular formula is C11H12INO4. The van der Waals surface area contributed by atoms with Crippen LogP contribution in [-0.2, 0) is 9.53 Å². The van der Waals surface area contributed by atoms with Crippen LogP contribution < -0.4 is 0 Å². The standard InChI is InChI=1S/C11H12INO4/c1-3-17-11(14)7(2)8-4-5-10(13(15)16)9(12)6-8/h4-7H,3H2,1-2H3. The predicted octanol–water partition coefficient (Wildman–Crippen LogP) is 2.87. The first-order chi connectivity index (χ1) is 7.97. The Kier molecular flexibility index (Phi) is 4.86. The van der Waals surface area contributed by atoms with Gasteiger partial charge in [-0.2, -0.15) is 0 Å². The molecule has 0 saturated heterocycles. The zero-order valence-corrected chi connectivity index (χ0v) is 11.6. The molecule has 0 bridgehead atoms. The van der Waals surface area contributed by atoms with Gasteiger partial charge < -0.3 is 4.74 Å². The lowest BCUT2D eigenvalue weighted by Crippen LogP contribution is -2.13. The number of esters is 1. The fourth-order valence-electron chi connectivity index (χ4n) is 1.34. The molecule has 0 aromatic heterocycles. The van der Waals surface area contributed by atoms with Crippen molar-refractivity contribution in [3.8, 4) is 0 Å².